The van der Waals surface area contributed by atoms with E-state index in [0.29, 0.717) is 6.54 Å². The Morgan fingerprint density at radius 3 is 2.70 bits per heavy atom. The maximum Gasteiger partial charge on any atom is 0.256 e. The molecular formula is C15H24FN3O. The molecule has 20 heavy (non-hydrogen) atoms. The number of benzene rings is 1. The van der Waals surface area contributed by atoms with Crippen LogP contribution in [0.4, 0.5) is 10.1 Å². The van der Waals surface area contributed by atoms with Gasteiger partial charge in [0.2, 0.25) is 0 Å². The zero-order valence-corrected chi connectivity index (χ0v) is 12.4. The average molecular weight is 281 g/mol. The molecule has 0 spiro atoms. The lowest BCUT2D eigenvalue weighted by molar-refractivity contribution is 0.0686. The molecule has 5 heteroatoms. The summed E-state index contributed by atoms with van der Waals surface area (Å²) in [4.78, 5) is 14.4. The lowest BCUT2D eigenvalue weighted by Gasteiger charge is -2.29. The van der Waals surface area contributed by atoms with Gasteiger partial charge in [-0.15, -0.1) is 0 Å². The Hall–Kier alpha value is -1.62. The second-order valence-corrected chi connectivity index (χ2v) is 4.92. The average Bonchev–Trinajstić information content (AvgIpc) is 2.46. The highest BCUT2D eigenvalue weighted by atomic mass is 19.1. The van der Waals surface area contributed by atoms with Crippen molar-refractivity contribution in [1.29, 1.82) is 0 Å². The van der Waals surface area contributed by atoms with Gasteiger partial charge >= 0.3 is 0 Å². The number of unbranched alkanes of at least 4 members (excludes halogenated alkanes) is 1. The summed E-state index contributed by atoms with van der Waals surface area (Å²) in [5, 5.41) is 0. The molecule has 4 nitrogen and oxygen atoms in total. The molecule has 0 fully saturated rings. The standard InChI is InChI=1S/C15H24FN3O/c1-4-6-10-19(11(3)5-2)15(20)12-8-7-9-13(16)14(12)18-17/h7-9,11,18H,4-6,10,17H2,1-3H3. The summed E-state index contributed by atoms with van der Waals surface area (Å²) in [5.41, 5.74) is 2.63. The van der Waals surface area contributed by atoms with Gasteiger partial charge in [0, 0.05) is 12.6 Å². The van der Waals surface area contributed by atoms with Crippen molar-refractivity contribution in [2.45, 2.75) is 46.1 Å². The number of hydrogen-bond donors (Lipinski definition) is 2. The van der Waals surface area contributed by atoms with Crippen molar-refractivity contribution >= 4 is 11.6 Å². The van der Waals surface area contributed by atoms with Crippen LogP contribution in [-0.2, 0) is 0 Å². The van der Waals surface area contributed by atoms with E-state index in [1.165, 1.54) is 12.1 Å². The lowest BCUT2D eigenvalue weighted by Crippen LogP contribution is -2.39. The Kier molecular flexibility index (Phi) is 6.45. The van der Waals surface area contributed by atoms with Gasteiger partial charge in [0.05, 0.1) is 11.3 Å². The summed E-state index contributed by atoms with van der Waals surface area (Å²) >= 11 is 0. The topological polar surface area (TPSA) is 58.4 Å². The normalized spacial score (nSPS) is 12.1. The predicted molar refractivity (Wildman–Crippen MR) is 79.9 cm³/mol. The maximum atomic E-state index is 13.7. The first-order valence-electron chi connectivity index (χ1n) is 7.12. The van der Waals surface area contributed by atoms with Crippen molar-refractivity contribution in [2.75, 3.05) is 12.0 Å². The van der Waals surface area contributed by atoms with Gasteiger partial charge in [-0.05, 0) is 31.9 Å². The number of nitrogens with one attached hydrogen (secondary N) is 1. The van der Waals surface area contributed by atoms with Gasteiger partial charge < -0.3 is 10.3 Å². The third-order valence-corrected chi connectivity index (χ3v) is 3.52. The number of nitrogen functional groups attached to an aromatic ring is 1. The number of carbonyl (C=O) groups excluding carboxylic acids is 1. The molecular weight excluding hydrogens is 257 g/mol. The molecule has 3 N–H and O–H groups in total. The molecule has 1 aromatic carbocycles. The number of para-hydroxylation sites is 1. The van der Waals surface area contributed by atoms with E-state index < -0.39 is 5.82 Å². The van der Waals surface area contributed by atoms with Crippen LogP contribution in [0.3, 0.4) is 0 Å². The van der Waals surface area contributed by atoms with E-state index >= 15 is 0 Å². The van der Waals surface area contributed by atoms with E-state index in [1.807, 2.05) is 13.8 Å². The highest BCUT2D eigenvalue weighted by Crippen LogP contribution is 2.22. The van der Waals surface area contributed by atoms with E-state index in [1.54, 1.807) is 11.0 Å². The molecule has 1 unspecified atom stereocenters. The van der Waals surface area contributed by atoms with E-state index in [4.69, 9.17) is 5.84 Å². The van der Waals surface area contributed by atoms with E-state index in [9.17, 15) is 9.18 Å². The highest BCUT2D eigenvalue weighted by Gasteiger charge is 2.23. The second kappa shape index (κ2) is 7.85. The molecule has 0 radical (unpaired) electrons. The summed E-state index contributed by atoms with van der Waals surface area (Å²) in [6, 6.07) is 4.52. The molecule has 0 aromatic heterocycles. The first-order valence-corrected chi connectivity index (χ1v) is 7.12. The summed E-state index contributed by atoms with van der Waals surface area (Å²) in [6.07, 6.45) is 2.79. The number of anilines is 1. The molecule has 1 amide bonds. The van der Waals surface area contributed by atoms with Gasteiger partial charge in [-0.25, -0.2) is 4.39 Å². The number of halogens is 1. The predicted octanol–water partition coefficient (Wildman–Crippen LogP) is 3.15. The smallest absolute Gasteiger partial charge is 0.256 e. The van der Waals surface area contributed by atoms with Crippen molar-refractivity contribution in [3.8, 4) is 0 Å². The molecule has 0 saturated carbocycles. The van der Waals surface area contributed by atoms with Crippen molar-refractivity contribution in [2.24, 2.45) is 5.84 Å². The SMILES string of the molecule is CCCCN(C(=O)c1cccc(F)c1NN)C(C)CC. The lowest BCUT2D eigenvalue weighted by atomic mass is 10.1. The number of hydrazine groups is 1. The summed E-state index contributed by atoms with van der Waals surface area (Å²) < 4.78 is 13.7. The summed E-state index contributed by atoms with van der Waals surface area (Å²) in [7, 11) is 0. The van der Waals surface area contributed by atoms with Crippen LogP contribution in [0.2, 0.25) is 0 Å². The number of hydrogen-bond acceptors (Lipinski definition) is 3. The number of rotatable bonds is 7. The zero-order chi connectivity index (χ0) is 15.1. The summed E-state index contributed by atoms with van der Waals surface area (Å²) in [6.45, 7) is 6.78. The van der Waals surface area contributed by atoms with Crippen LogP contribution in [-0.4, -0.2) is 23.4 Å². The van der Waals surface area contributed by atoms with Crippen molar-refractivity contribution in [1.82, 2.24) is 4.90 Å². The summed E-state index contributed by atoms with van der Waals surface area (Å²) in [5.74, 6) is 4.64. The number of carbonyl (C=O) groups is 1. The molecule has 1 aromatic rings. The van der Waals surface area contributed by atoms with Crippen molar-refractivity contribution in [3.63, 3.8) is 0 Å². The van der Waals surface area contributed by atoms with Gasteiger partial charge in [-0.3, -0.25) is 10.6 Å². The Morgan fingerprint density at radius 2 is 2.15 bits per heavy atom. The fraction of sp³-hybridized carbons (Fsp3) is 0.533. The molecule has 0 aliphatic carbocycles. The Balaban J connectivity index is 3.08. The molecule has 0 heterocycles. The van der Waals surface area contributed by atoms with Gasteiger partial charge in [0.25, 0.3) is 5.91 Å². The first-order chi connectivity index (χ1) is 9.56. The Bertz CT molecular complexity index is 451. The number of nitrogens with two attached hydrogens (primary N) is 1. The van der Waals surface area contributed by atoms with Gasteiger partial charge in [0.15, 0.2) is 0 Å². The molecule has 0 aliphatic rings. The highest BCUT2D eigenvalue weighted by molar-refractivity contribution is 5.99. The van der Waals surface area contributed by atoms with E-state index in [0.717, 1.165) is 19.3 Å². The molecule has 0 bridgehead atoms. The maximum absolute atomic E-state index is 13.7. The molecule has 1 atom stereocenters. The number of amides is 1. The van der Waals surface area contributed by atoms with Crippen LogP contribution >= 0.6 is 0 Å². The van der Waals surface area contributed by atoms with Crippen molar-refractivity contribution < 1.29 is 9.18 Å². The van der Waals surface area contributed by atoms with Crippen LogP contribution in [0, 0.1) is 5.82 Å². The molecule has 0 saturated heterocycles. The minimum absolute atomic E-state index is 0.0577. The van der Waals surface area contributed by atoms with Crippen LogP contribution in [0.25, 0.3) is 0 Å². The minimum Gasteiger partial charge on any atom is -0.336 e. The minimum atomic E-state index is -0.516. The second-order valence-electron chi connectivity index (χ2n) is 4.92. The van der Waals surface area contributed by atoms with E-state index in [2.05, 4.69) is 12.3 Å². The first kappa shape index (κ1) is 16.4. The van der Waals surface area contributed by atoms with Gasteiger partial charge in [0.1, 0.15) is 5.82 Å². The quantitative estimate of drug-likeness (QED) is 0.596. The van der Waals surface area contributed by atoms with Crippen molar-refractivity contribution in [3.05, 3.63) is 29.6 Å². The van der Waals surface area contributed by atoms with Crippen LogP contribution in [0.15, 0.2) is 18.2 Å². The van der Waals surface area contributed by atoms with Crippen LogP contribution in [0.5, 0.6) is 0 Å². The molecule has 1 rings (SSSR count). The fourth-order valence-electron chi connectivity index (χ4n) is 2.07. The molecule has 112 valence electrons. The van der Waals surface area contributed by atoms with Gasteiger partial charge in [-0.2, -0.15) is 0 Å². The fourth-order valence-corrected chi connectivity index (χ4v) is 2.07. The van der Waals surface area contributed by atoms with E-state index in [-0.39, 0.29) is 23.2 Å². The largest absolute Gasteiger partial charge is 0.336 e. The van der Waals surface area contributed by atoms with Crippen LogP contribution < -0.4 is 11.3 Å². The third-order valence-electron chi connectivity index (χ3n) is 3.52. The van der Waals surface area contributed by atoms with Crippen LogP contribution in [0.1, 0.15) is 50.4 Å². The Labute approximate surface area is 120 Å². The zero-order valence-electron chi connectivity index (χ0n) is 12.4. The molecule has 0 aliphatic heterocycles. The van der Waals surface area contributed by atoms with Gasteiger partial charge in [-0.1, -0.05) is 26.3 Å². The number of nitrogens with zero attached hydrogens (tertiary/aromatic N) is 1. The third kappa shape index (κ3) is 3.70. The monoisotopic (exact) mass is 281 g/mol. The Morgan fingerprint density at radius 1 is 1.45 bits per heavy atom.